The lowest BCUT2D eigenvalue weighted by atomic mass is 9.90. The van der Waals surface area contributed by atoms with Crippen LogP contribution in [-0.4, -0.2) is 41.9 Å². The van der Waals surface area contributed by atoms with Crippen LogP contribution in [0.1, 0.15) is 32.6 Å². The van der Waals surface area contributed by atoms with Crippen LogP contribution in [0.15, 0.2) is 0 Å². The normalized spacial score (nSPS) is 24.1. The fraction of sp³-hybridized carbons (Fsp3) is 0.833. The van der Waals surface area contributed by atoms with Crippen molar-refractivity contribution in [2.75, 3.05) is 13.2 Å². The highest BCUT2D eigenvalue weighted by molar-refractivity contribution is 5.86. The summed E-state index contributed by atoms with van der Waals surface area (Å²) >= 11 is 0. The molecule has 2 amide bonds. The summed E-state index contributed by atoms with van der Waals surface area (Å²) in [6.07, 6.45) is 2.90. The van der Waals surface area contributed by atoms with E-state index >= 15 is 0 Å². The van der Waals surface area contributed by atoms with Gasteiger partial charge >= 0.3 is 12.0 Å². The molecule has 6 heteroatoms. The maximum atomic E-state index is 11.8. The van der Waals surface area contributed by atoms with Crippen LogP contribution < -0.4 is 10.6 Å². The molecule has 1 aliphatic heterocycles. The van der Waals surface area contributed by atoms with Gasteiger partial charge in [0.1, 0.15) is 5.54 Å². The lowest BCUT2D eigenvalue weighted by molar-refractivity contribution is -0.148. The summed E-state index contributed by atoms with van der Waals surface area (Å²) < 4.78 is 5.15. The summed E-state index contributed by atoms with van der Waals surface area (Å²) in [7, 11) is 0. The van der Waals surface area contributed by atoms with Gasteiger partial charge < -0.3 is 20.5 Å². The molecule has 0 aromatic carbocycles. The van der Waals surface area contributed by atoms with Crippen LogP contribution in [0.3, 0.4) is 0 Å². The molecule has 0 bridgehead atoms. The Morgan fingerprint density at radius 3 is 2.44 bits per heavy atom. The van der Waals surface area contributed by atoms with E-state index in [4.69, 9.17) is 4.74 Å². The summed E-state index contributed by atoms with van der Waals surface area (Å²) in [5.41, 5.74) is -1.17. The molecule has 3 N–H and O–H groups in total. The van der Waals surface area contributed by atoms with E-state index in [0.29, 0.717) is 32.0 Å². The van der Waals surface area contributed by atoms with E-state index < -0.39 is 17.5 Å². The molecule has 6 nitrogen and oxygen atoms in total. The van der Waals surface area contributed by atoms with Crippen LogP contribution >= 0.6 is 0 Å². The number of hydrogen-bond donors (Lipinski definition) is 3. The summed E-state index contributed by atoms with van der Waals surface area (Å²) in [6, 6.07) is -0.283. The third-order valence-electron chi connectivity index (χ3n) is 3.80. The zero-order chi connectivity index (χ0) is 13.2. The van der Waals surface area contributed by atoms with Gasteiger partial charge in [-0.1, -0.05) is 0 Å². The van der Waals surface area contributed by atoms with E-state index in [9.17, 15) is 14.7 Å². The van der Waals surface area contributed by atoms with Gasteiger partial charge in [0.2, 0.25) is 0 Å². The molecule has 0 radical (unpaired) electrons. The van der Waals surface area contributed by atoms with Gasteiger partial charge in [-0.05, 0) is 25.7 Å². The van der Waals surface area contributed by atoms with Gasteiger partial charge in [-0.2, -0.15) is 0 Å². The molecule has 102 valence electrons. The second-order valence-electron chi connectivity index (χ2n) is 5.22. The Morgan fingerprint density at radius 2 is 1.94 bits per heavy atom. The smallest absolute Gasteiger partial charge is 0.329 e. The Hall–Kier alpha value is -1.30. The largest absolute Gasteiger partial charge is 0.480 e. The number of carboxylic acid groups (broad SMARTS) is 1. The quantitative estimate of drug-likeness (QED) is 0.691. The van der Waals surface area contributed by atoms with Crippen molar-refractivity contribution in [1.29, 1.82) is 0 Å². The zero-order valence-corrected chi connectivity index (χ0v) is 10.6. The number of aliphatic carboxylic acids is 1. The van der Waals surface area contributed by atoms with E-state index in [1.807, 2.05) is 6.92 Å². The molecule has 1 aliphatic carbocycles. The van der Waals surface area contributed by atoms with Crippen molar-refractivity contribution < 1.29 is 19.4 Å². The zero-order valence-electron chi connectivity index (χ0n) is 10.6. The summed E-state index contributed by atoms with van der Waals surface area (Å²) in [4.78, 5) is 23.2. The van der Waals surface area contributed by atoms with Crippen molar-refractivity contribution >= 4 is 12.0 Å². The second-order valence-corrected chi connectivity index (χ2v) is 5.22. The number of hydrogen-bond acceptors (Lipinski definition) is 3. The number of amides is 2. The first-order valence-corrected chi connectivity index (χ1v) is 6.43. The molecule has 2 rings (SSSR count). The molecular formula is C12H20N2O4. The third kappa shape index (κ3) is 2.93. The monoisotopic (exact) mass is 256 g/mol. The van der Waals surface area contributed by atoms with Gasteiger partial charge in [-0.3, -0.25) is 0 Å². The molecule has 1 atom stereocenters. The number of carboxylic acids is 1. The minimum atomic E-state index is -1.17. The van der Waals surface area contributed by atoms with Gasteiger partial charge in [0.25, 0.3) is 0 Å². The van der Waals surface area contributed by atoms with Gasteiger partial charge in [-0.25, -0.2) is 9.59 Å². The Morgan fingerprint density at radius 1 is 1.33 bits per heavy atom. The van der Waals surface area contributed by atoms with Gasteiger partial charge in [-0.15, -0.1) is 0 Å². The Kier molecular flexibility index (Phi) is 3.75. The third-order valence-corrected chi connectivity index (χ3v) is 3.80. The molecule has 1 heterocycles. The second kappa shape index (κ2) is 5.14. The van der Waals surface area contributed by atoms with Crippen LogP contribution in [0.4, 0.5) is 4.79 Å². The first kappa shape index (κ1) is 13.1. The SMILES string of the molecule is CC(NC(=O)NC1(C(=O)O)CCOCC1)C1CC1. The van der Waals surface area contributed by atoms with E-state index in [2.05, 4.69) is 10.6 Å². The number of nitrogens with one attached hydrogen (secondary N) is 2. The maximum Gasteiger partial charge on any atom is 0.329 e. The topological polar surface area (TPSA) is 87.7 Å². The van der Waals surface area contributed by atoms with Crippen LogP contribution in [0.2, 0.25) is 0 Å². The first-order valence-electron chi connectivity index (χ1n) is 6.43. The number of carbonyl (C=O) groups is 2. The Balaban J connectivity index is 1.91. The van der Waals surface area contributed by atoms with E-state index in [1.54, 1.807) is 0 Å². The fourth-order valence-electron chi connectivity index (χ4n) is 2.29. The van der Waals surface area contributed by atoms with Crippen molar-refractivity contribution in [3.63, 3.8) is 0 Å². The summed E-state index contributed by atoms with van der Waals surface area (Å²) in [5, 5.41) is 14.7. The standard InChI is InChI=1S/C12H20N2O4/c1-8(9-2-3-9)13-11(17)14-12(10(15)16)4-6-18-7-5-12/h8-9H,2-7H2,1H3,(H,15,16)(H2,13,14,17). The van der Waals surface area contributed by atoms with Crippen molar-refractivity contribution in [1.82, 2.24) is 10.6 Å². The highest BCUT2D eigenvalue weighted by Gasteiger charge is 2.42. The van der Waals surface area contributed by atoms with E-state index in [1.165, 1.54) is 0 Å². The van der Waals surface area contributed by atoms with Gasteiger partial charge in [0.15, 0.2) is 0 Å². The lowest BCUT2D eigenvalue weighted by Gasteiger charge is -2.34. The summed E-state index contributed by atoms with van der Waals surface area (Å²) in [6.45, 7) is 2.68. The van der Waals surface area contributed by atoms with E-state index in [0.717, 1.165) is 12.8 Å². The Labute approximate surface area is 106 Å². The molecule has 0 spiro atoms. The molecular weight excluding hydrogens is 236 g/mol. The molecule has 1 saturated carbocycles. The molecule has 1 unspecified atom stereocenters. The fourth-order valence-corrected chi connectivity index (χ4v) is 2.29. The molecule has 18 heavy (non-hydrogen) atoms. The lowest BCUT2D eigenvalue weighted by Crippen LogP contribution is -2.60. The molecule has 1 saturated heterocycles. The van der Waals surface area contributed by atoms with Crippen LogP contribution in [0.5, 0.6) is 0 Å². The summed E-state index contributed by atoms with van der Waals surface area (Å²) in [5.74, 6) is -0.439. The van der Waals surface area contributed by atoms with Crippen molar-refractivity contribution in [3.05, 3.63) is 0 Å². The predicted molar refractivity (Wildman–Crippen MR) is 64.3 cm³/mol. The predicted octanol–water partition coefficient (Wildman–Crippen LogP) is 0.718. The van der Waals surface area contributed by atoms with Gasteiger partial charge in [0, 0.05) is 32.1 Å². The highest BCUT2D eigenvalue weighted by atomic mass is 16.5. The number of ether oxygens (including phenoxy) is 1. The molecule has 2 aliphatic rings. The average Bonchev–Trinajstić information content (AvgIpc) is 3.13. The minimum Gasteiger partial charge on any atom is -0.480 e. The van der Waals surface area contributed by atoms with Crippen LogP contribution in [0, 0.1) is 5.92 Å². The van der Waals surface area contributed by atoms with Gasteiger partial charge in [0.05, 0.1) is 0 Å². The average molecular weight is 256 g/mol. The van der Waals surface area contributed by atoms with Crippen molar-refractivity contribution in [2.24, 2.45) is 5.92 Å². The first-order chi connectivity index (χ1) is 8.53. The molecule has 0 aromatic heterocycles. The van der Waals surface area contributed by atoms with Crippen LogP contribution in [-0.2, 0) is 9.53 Å². The van der Waals surface area contributed by atoms with E-state index in [-0.39, 0.29) is 6.04 Å². The van der Waals surface area contributed by atoms with Crippen LogP contribution in [0.25, 0.3) is 0 Å². The minimum absolute atomic E-state index is 0.107. The van der Waals surface area contributed by atoms with Crippen molar-refractivity contribution in [3.8, 4) is 0 Å². The molecule has 2 fully saturated rings. The Bertz CT molecular complexity index is 335. The van der Waals surface area contributed by atoms with Crippen molar-refractivity contribution in [2.45, 2.75) is 44.2 Å². The highest BCUT2D eigenvalue weighted by Crippen LogP contribution is 2.32. The number of carbonyl (C=O) groups excluding carboxylic acids is 1. The number of urea groups is 1. The molecule has 0 aromatic rings. The maximum absolute atomic E-state index is 11.8. The number of rotatable bonds is 4.